The zero-order valence-corrected chi connectivity index (χ0v) is 19.3. The Kier molecular flexibility index (Phi) is 7.13. The largest absolute Gasteiger partial charge is 0.490 e. The van der Waals surface area contributed by atoms with Crippen LogP contribution in [0.3, 0.4) is 0 Å². The van der Waals surface area contributed by atoms with Crippen LogP contribution in [0.15, 0.2) is 40.9 Å². The predicted octanol–water partition coefficient (Wildman–Crippen LogP) is 4.89. The van der Waals surface area contributed by atoms with E-state index in [2.05, 4.69) is 10.1 Å². The molecule has 1 unspecified atom stereocenters. The quantitative estimate of drug-likeness (QED) is 0.440. The van der Waals surface area contributed by atoms with Crippen LogP contribution in [0.1, 0.15) is 37.6 Å². The van der Waals surface area contributed by atoms with Crippen molar-refractivity contribution in [2.75, 3.05) is 26.3 Å². The second kappa shape index (κ2) is 10.2. The number of nitrogens with zero attached hydrogens (tertiary/aromatic N) is 3. The number of aromatic nitrogens is 2. The lowest BCUT2D eigenvalue weighted by atomic mass is 10.1. The molecule has 1 aromatic heterocycles. The molecule has 1 atom stereocenters. The molecule has 7 nitrogen and oxygen atoms in total. The SMILES string of the molecule is CCOc1ccc(CCN2CC(c3nc(-c4ccc(F)c(Cl)c4)no3)CC2=O)cc1OCC. The van der Waals surface area contributed by atoms with Gasteiger partial charge >= 0.3 is 0 Å². The molecule has 0 aliphatic carbocycles. The van der Waals surface area contributed by atoms with Crippen molar-refractivity contribution in [3.8, 4) is 22.9 Å². The van der Waals surface area contributed by atoms with Crippen molar-refractivity contribution in [1.29, 1.82) is 0 Å². The topological polar surface area (TPSA) is 77.7 Å². The van der Waals surface area contributed by atoms with Crippen LogP contribution in [0.2, 0.25) is 5.02 Å². The van der Waals surface area contributed by atoms with Crippen LogP contribution >= 0.6 is 11.6 Å². The number of halogens is 2. The van der Waals surface area contributed by atoms with E-state index < -0.39 is 5.82 Å². The van der Waals surface area contributed by atoms with Gasteiger partial charge in [0.05, 0.1) is 24.2 Å². The molecule has 1 fully saturated rings. The smallest absolute Gasteiger partial charge is 0.232 e. The monoisotopic (exact) mass is 473 g/mol. The van der Waals surface area contributed by atoms with Crippen LogP contribution in [-0.4, -0.2) is 47.3 Å². The minimum Gasteiger partial charge on any atom is -0.490 e. The molecule has 0 radical (unpaired) electrons. The lowest BCUT2D eigenvalue weighted by molar-refractivity contribution is -0.127. The Morgan fingerprint density at radius 1 is 1.15 bits per heavy atom. The number of likely N-dealkylation sites (tertiary alicyclic amines) is 1. The molecule has 1 saturated heterocycles. The second-order valence-electron chi connectivity index (χ2n) is 7.72. The maximum Gasteiger partial charge on any atom is 0.232 e. The number of carbonyl (C=O) groups excluding carboxylic acids is 1. The van der Waals surface area contributed by atoms with Gasteiger partial charge in [0.1, 0.15) is 5.82 Å². The number of ether oxygens (including phenoxy) is 2. The number of amides is 1. The molecule has 4 rings (SSSR count). The van der Waals surface area contributed by atoms with Crippen molar-refractivity contribution in [2.45, 2.75) is 32.6 Å². The molecule has 174 valence electrons. The highest BCUT2D eigenvalue weighted by atomic mass is 35.5. The first kappa shape index (κ1) is 23.0. The van der Waals surface area contributed by atoms with Gasteiger partial charge in [-0.15, -0.1) is 0 Å². The van der Waals surface area contributed by atoms with E-state index in [9.17, 15) is 9.18 Å². The standard InChI is InChI=1S/C24H25ClFN3O4/c1-3-31-20-8-5-15(11-21(20)32-4-2)9-10-29-14-17(13-22(29)30)24-27-23(28-33-24)16-6-7-19(26)18(25)12-16/h5-8,11-12,17H,3-4,9-10,13-14H2,1-2H3. The molecule has 9 heteroatoms. The third-order valence-electron chi connectivity index (χ3n) is 5.46. The van der Waals surface area contributed by atoms with Crippen molar-refractivity contribution in [2.24, 2.45) is 0 Å². The molecular formula is C24H25ClFN3O4. The zero-order chi connectivity index (χ0) is 23.4. The Morgan fingerprint density at radius 3 is 2.70 bits per heavy atom. The van der Waals surface area contributed by atoms with Gasteiger partial charge in [0.15, 0.2) is 11.5 Å². The number of benzene rings is 2. The van der Waals surface area contributed by atoms with Crippen LogP contribution < -0.4 is 9.47 Å². The van der Waals surface area contributed by atoms with Gasteiger partial charge in [-0.25, -0.2) is 4.39 Å². The summed E-state index contributed by atoms with van der Waals surface area (Å²) in [7, 11) is 0. The van der Waals surface area contributed by atoms with Crippen LogP contribution in [0.5, 0.6) is 11.5 Å². The van der Waals surface area contributed by atoms with Gasteiger partial charge in [-0.2, -0.15) is 4.98 Å². The maximum atomic E-state index is 13.4. The Hall–Kier alpha value is -3.13. The van der Waals surface area contributed by atoms with Crippen LogP contribution in [0.4, 0.5) is 4.39 Å². The zero-order valence-electron chi connectivity index (χ0n) is 18.5. The van der Waals surface area contributed by atoms with Crippen molar-refractivity contribution >= 4 is 17.5 Å². The summed E-state index contributed by atoms with van der Waals surface area (Å²) in [4.78, 5) is 18.8. The third-order valence-corrected chi connectivity index (χ3v) is 5.75. The summed E-state index contributed by atoms with van der Waals surface area (Å²) in [5, 5.41) is 3.96. The minimum absolute atomic E-state index is 0.0112. The van der Waals surface area contributed by atoms with Crippen molar-refractivity contribution in [1.82, 2.24) is 15.0 Å². The van der Waals surface area contributed by atoms with Gasteiger partial charge in [-0.05, 0) is 56.2 Å². The van der Waals surface area contributed by atoms with Crippen LogP contribution in [0.25, 0.3) is 11.4 Å². The summed E-state index contributed by atoms with van der Waals surface area (Å²) in [5.41, 5.74) is 1.62. The normalized spacial score (nSPS) is 15.8. The molecule has 0 saturated carbocycles. The highest BCUT2D eigenvalue weighted by Gasteiger charge is 2.34. The lowest BCUT2D eigenvalue weighted by Crippen LogP contribution is -2.27. The van der Waals surface area contributed by atoms with Gasteiger partial charge < -0.3 is 18.9 Å². The Bertz CT molecular complexity index is 1140. The lowest BCUT2D eigenvalue weighted by Gasteiger charge is -2.17. The summed E-state index contributed by atoms with van der Waals surface area (Å²) in [6, 6.07) is 10.1. The molecule has 1 aliphatic heterocycles. The van der Waals surface area contributed by atoms with Crippen molar-refractivity contribution in [3.05, 3.63) is 58.7 Å². The Morgan fingerprint density at radius 2 is 1.94 bits per heavy atom. The fraction of sp³-hybridized carbons (Fsp3) is 0.375. The summed E-state index contributed by atoms with van der Waals surface area (Å²) in [6.45, 7) is 6.05. The first-order valence-corrected chi connectivity index (χ1v) is 11.3. The van der Waals surface area contributed by atoms with Gasteiger partial charge in [0, 0.05) is 25.1 Å². The molecule has 2 aromatic carbocycles. The number of hydrogen-bond acceptors (Lipinski definition) is 6. The fourth-order valence-electron chi connectivity index (χ4n) is 3.82. The summed E-state index contributed by atoms with van der Waals surface area (Å²) in [5.74, 6) is 1.48. The molecule has 0 N–H and O–H groups in total. The van der Waals surface area contributed by atoms with Gasteiger partial charge in [-0.3, -0.25) is 4.79 Å². The minimum atomic E-state index is -0.512. The first-order chi connectivity index (χ1) is 16.0. The summed E-state index contributed by atoms with van der Waals surface area (Å²) in [6.07, 6.45) is 0.993. The van der Waals surface area contributed by atoms with Crippen LogP contribution in [0, 0.1) is 5.82 Å². The number of rotatable bonds is 9. The van der Waals surface area contributed by atoms with E-state index >= 15 is 0 Å². The first-order valence-electron chi connectivity index (χ1n) is 10.9. The molecule has 0 spiro atoms. The summed E-state index contributed by atoms with van der Waals surface area (Å²) < 4.78 is 30.1. The number of carbonyl (C=O) groups is 1. The van der Waals surface area contributed by atoms with E-state index in [1.807, 2.05) is 32.0 Å². The van der Waals surface area contributed by atoms with E-state index in [4.69, 9.17) is 25.6 Å². The Balaban J connectivity index is 1.39. The molecule has 3 aromatic rings. The number of hydrogen-bond donors (Lipinski definition) is 0. The average molecular weight is 474 g/mol. The van der Waals surface area contributed by atoms with E-state index in [1.165, 1.54) is 18.2 Å². The summed E-state index contributed by atoms with van der Waals surface area (Å²) >= 11 is 5.85. The molecule has 2 heterocycles. The average Bonchev–Trinajstić information content (AvgIpc) is 3.43. The second-order valence-corrected chi connectivity index (χ2v) is 8.13. The van der Waals surface area contributed by atoms with Crippen LogP contribution in [-0.2, 0) is 11.2 Å². The molecule has 1 amide bonds. The molecule has 33 heavy (non-hydrogen) atoms. The van der Waals surface area contributed by atoms with E-state index in [1.54, 1.807) is 4.90 Å². The third kappa shape index (κ3) is 5.27. The molecular weight excluding hydrogens is 449 g/mol. The van der Waals surface area contributed by atoms with Gasteiger partial charge in [0.25, 0.3) is 0 Å². The molecule has 1 aliphatic rings. The molecule has 0 bridgehead atoms. The Labute approximate surface area is 196 Å². The van der Waals surface area contributed by atoms with Gasteiger partial charge in [-0.1, -0.05) is 22.8 Å². The van der Waals surface area contributed by atoms with Crippen molar-refractivity contribution in [3.63, 3.8) is 0 Å². The van der Waals surface area contributed by atoms with Crippen molar-refractivity contribution < 1.29 is 23.2 Å². The van der Waals surface area contributed by atoms with E-state index in [-0.39, 0.29) is 16.8 Å². The van der Waals surface area contributed by atoms with E-state index in [0.29, 0.717) is 62.2 Å². The van der Waals surface area contributed by atoms with E-state index in [0.717, 1.165) is 11.3 Å². The fourth-order valence-corrected chi connectivity index (χ4v) is 4.00. The maximum absolute atomic E-state index is 13.4. The highest BCUT2D eigenvalue weighted by Crippen LogP contribution is 2.31. The van der Waals surface area contributed by atoms with Gasteiger partial charge in [0.2, 0.25) is 17.6 Å². The predicted molar refractivity (Wildman–Crippen MR) is 121 cm³/mol. The highest BCUT2D eigenvalue weighted by molar-refractivity contribution is 6.31.